The lowest BCUT2D eigenvalue weighted by atomic mass is 9.87. The average Bonchev–Trinajstić information content (AvgIpc) is 2.73. The second-order valence-electron chi connectivity index (χ2n) is 8.78. The summed E-state index contributed by atoms with van der Waals surface area (Å²) in [6, 6.07) is 12.1. The first-order chi connectivity index (χ1) is 15.9. The van der Waals surface area contributed by atoms with E-state index in [4.69, 9.17) is 0 Å². The molecule has 3 aliphatic heterocycles. The molecular formula is C23H25F4N3O3S. The molecule has 0 N–H and O–H groups in total. The summed E-state index contributed by atoms with van der Waals surface area (Å²) in [5.74, 6) is -1.39. The standard InChI is InChI=1S/C23H25F4N3O3S/c1-16(31)30-20-9-21(30)13-28(12-20)19-8-7-18(22(24)10-19)11-29(15-23(25,26)27)34(32,33)14-17-5-3-2-4-6-17/h2-8,10,20-21H,9,11-15H2,1H3. The van der Waals surface area contributed by atoms with Gasteiger partial charge in [0.1, 0.15) is 12.4 Å². The molecule has 184 valence electrons. The van der Waals surface area contributed by atoms with Crippen LogP contribution in [0.2, 0.25) is 0 Å². The van der Waals surface area contributed by atoms with Crippen LogP contribution >= 0.6 is 0 Å². The molecule has 2 unspecified atom stereocenters. The number of sulfonamides is 1. The first kappa shape index (κ1) is 24.5. The van der Waals surface area contributed by atoms with Crippen LogP contribution in [0.25, 0.3) is 0 Å². The van der Waals surface area contributed by atoms with Crippen LogP contribution in [0.5, 0.6) is 0 Å². The van der Waals surface area contributed by atoms with Crippen LogP contribution in [0.3, 0.4) is 0 Å². The molecule has 2 bridgehead atoms. The SMILES string of the molecule is CC(=O)N1C2CC1CN(c1ccc(CN(CC(F)(F)F)S(=O)(=O)Cc3ccccc3)c(F)c1)C2. The van der Waals surface area contributed by atoms with Crippen molar-refractivity contribution in [1.82, 2.24) is 9.21 Å². The van der Waals surface area contributed by atoms with Gasteiger partial charge in [0.25, 0.3) is 0 Å². The summed E-state index contributed by atoms with van der Waals surface area (Å²) in [7, 11) is -4.37. The molecule has 11 heteroatoms. The molecule has 2 aromatic carbocycles. The number of piperidine rings is 1. The van der Waals surface area contributed by atoms with E-state index in [2.05, 4.69) is 0 Å². The van der Waals surface area contributed by atoms with Gasteiger partial charge in [-0.2, -0.15) is 17.5 Å². The van der Waals surface area contributed by atoms with Crippen molar-refractivity contribution >= 4 is 21.6 Å². The van der Waals surface area contributed by atoms with Gasteiger partial charge in [0.15, 0.2) is 0 Å². The Balaban J connectivity index is 1.51. The Kier molecular flexibility index (Phi) is 6.61. The Labute approximate surface area is 195 Å². The molecule has 0 radical (unpaired) electrons. The number of anilines is 1. The van der Waals surface area contributed by atoms with E-state index in [0.29, 0.717) is 24.3 Å². The number of fused-ring (bicyclic) bond motifs is 2. The number of carbonyl (C=O) groups excluding carboxylic acids is 1. The molecule has 3 heterocycles. The lowest BCUT2D eigenvalue weighted by molar-refractivity contribution is -0.143. The molecular weight excluding hydrogens is 474 g/mol. The molecule has 2 aromatic rings. The summed E-state index contributed by atoms with van der Waals surface area (Å²) < 4.78 is 80.3. The number of halogens is 4. The lowest BCUT2D eigenvalue weighted by Crippen LogP contribution is -2.70. The van der Waals surface area contributed by atoms with Crippen LogP contribution in [-0.2, 0) is 27.1 Å². The normalized spacial score (nSPS) is 20.4. The van der Waals surface area contributed by atoms with Gasteiger partial charge in [-0.05, 0) is 24.1 Å². The molecule has 34 heavy (non-hydrogen) atoms. The first-order valence-corrected chi connectivity index (χ1v) is 12.4. The number of benzene rings is 2. The van der Waals surface area contributed by atoms with Gasteiger partial charge in [-0.25, -0.2) is 12.8 Å². The maximum atomic E-state index is 14.9. The minimum atomic E-state index is -4.78. The number of nitrogens with zero attached hydrogens (tertiary/aromatic N) is 3. The number of piperazine rings is 1. The van der Waals surface area contributed by atoms with Crippen LogP contribution in [0.4, 0.5) is 23.2 Å². The second kappa shape index (κ2) is 9.18. The van der Waals surface area contributed by atoms with Crippen molar-refractivity contribution in [2.75, 3.05) is 24.5 Å². The topological polar surface area (TPSA) is 60.9 Å². The highest BCUT2D eigenvalue weighted by atomic mass is 32.2. The van der Waals surface area contributed by atoms with Crippen LogP contribution in [-0.4, -0.2) is 61.4 Å². The van der Waals surface area contributed by atoms with Crippen molar-refractivity contribution in [1.29, 1.82) is 0 Å². The number of hydrogen-bond acceptors (Lipinski definition) is 4. The van der Waals surface area contributed by atoms with Crippen molar-refractivity contribution in [3.05, 3.63) is 65.5 Å². The zero-order valence-electron chi connectivity index (χ0n) is 18.5. The molecule has 0 aromatic heterocycles. The van der Waals surface area contributed by atoms with Crippen LogP contribution in [0, 0.1) is 5.82 Å². The minimum Gasteiger partial charge on any atom is -0.367 e. The molecule has 3 aliphatic rings. The van der Waals surface area contributed by atoms with Gasteiger partial charge in [0.2, 0.25) is 15.9 Å². The average molecular weight is 500 g/mol. The molecule has 3 fully saturated rings. The molecule has 2 atom stereocenters. The zero-order valence-corrected chi connectivity index (χ0v) is 19.3. The third-order valence-electron chi connectivity index (χ3n) is 6.25. The van der Waals surface area contributed by atoms with Crippen LogP contribution < -0.4 is 4.90 Å². The largest absolute Gasteiger partial charge is 0.402 e. The van der Waals surface area contributed by atoms with Gasteiger partial charge in [0, 0.05) is 37.8 Å². The highest BCUT2D eigenvalue weighted by Crippen LogP contribution is 2.35. The highest BCUT2D eigenvalue weighted by molar-refractivity contribution is 7.88. The molecule has 0 saturated carbocycles. The third kappa shape index (κ3) is 5.35. The molecule has 0 aliphatic carbocycles. The predicted octanol–water partition coefficient (Wildman–Crippen LogP) is 3.53. The van der Waals surface area contributed by atoms with E-state index < -0.39 is 40.9 Å². The van der Waals surface area contributed by atoms with E-state index >= 15 is 0 Å². The molecule has 6 nitrogen and oxygen atoms in total. The number of alkyl halides is 3. The van der Waals surface area contributed by atoms with Crippen molar-refractivity contribution < 1.29 is 30.8 Å². The molecule has 0 spiro atoms. The quantitative estimate of drug-likeness (QED) is 0.547. The van der Waals surface area contributed by atoms with Crippen molar-refractivity contribution in [2.45, 2.75) is 43.9 Å². The first-order valence-electron chi connectivity index (χ1n) is 10.8. The summed E-state index contributed by atoms with van der Waals surface area (Å²) in [5, 5.41) is 0. The number of rotatable bonds is 7. The van der Waals surface area contributed by atoms with E-state index in [1.807, 2.05) is 9.80 Å². The Morgan fingerprint density at radius 3 is 2.29 bits per heavy atom. The van der Waals surface area contributed by atoms with Crippen LogP contribution in [0.1, 0.15) is 24.5 Å². The van der Waals surface area contributed by atoms with Gasteiger partial charge >= 0.3 is 6.18 Å². The lowest BCUT2D eigenvalue weighted by Gasteiger charge is -2.56. The maximum Gasteiger partial charge on any atom is 0.402 e. The van der Waals surface area contributed by atoms with Gasteiger partial charge in [-0.15, -0.1) is 0 Å². The van der Waals surface area contributed by atoms with Gasteiger partial charge in [0.05, 0.1) is 17.8 Å². The molecule has 3 saturated heterocycles. The summed E-state index contributed by atoms with van der Waals surface area (Å²) >= 11 is 0. The Hall–Kier alpha value is -2.66. The second-order valence-corrected chi connectivity index (χ2v) is 10.7. The van der Waals surface area contributed by atoms with Gasteiger partial charge < -0.3 is 9.80 Å². The molecule has 1 amide bonds. The zero-order chi connectivity index (χ0) is 24.7. The smallest absolute Gasteiger partial charge is 0.367 e. The summed E-state index contributed by atoms with van der Waals surface area (Å²) in [6.07, 6.45) is -3.89. The Morgan fingerprint density at radius 2 is 1.74 bits per heavy atom. The third-order valence-corrected chi connectivity index (χ3v) is 7.99. The van der Waals surface area contributed by atoms with Gasteiger partial charge in [-0.1, -0.05) is 36.4 Å². The fourth-order valence-corrected chi connectivity index (χ4v) is 6.19. The number of amides is 1. The van der Waals surface area contributed by atoms with E-state index in [9.17, 15) is 30.8 Å². The summed E-state index contributed by atoms with van der Waals surface area (Å²) in [6.45, 7) is 0.159. The van der Waals surface area contributed by atoms with Crippen molar-refractivity contribution in [3.63, 3.8) is 0 Å². The van der Waals surface area contributed by atoms with E-state index in [1.165, 1.54) is 31.2 Å². The fourth-order valence-electron chi connectivity index (χ4n) is 4.71. The van der Waals surface area contributed by atoms with Crippen LogP contribution in [0.15, 0.2) is 48.5 Å². The summed E-state index contributed by atoms with van der Waals surface area (Å²) in [4.78, 5) is 15.4. The monoisotopic (exact) mass is 499 g/mol. The predicted molar refractivity (Wildman–Crippen MR) is 119 cm³/mol. The Morgan fingerprint density at radius 1 is 1.09 bits per heavy atom. The molecule has 5 rings (SSSR count). The fraction of sp³-hybridized carbons (Fsp3) is 0.435. The van der Waals surface area contributed by atoms with E-state index in [-0.39, 0.29) is 27.9 Å². The van der Waals surface area contributed by atoms with Crippen molar-refractivity contribution in [3.8, 4) is 0 Å². The van der Waals surface area contributed by atoms with E-state index in [0.717, 1.165) is 6.42 Å². The minimum absolute atomic E-state index is 0.00361. The number of hydrogen-bond donors (Lipinski definition) is 0. The van der Waals surface area contributed by atoms with Gasteiger partial charge in [-0.3, -0.25) is 4.79 Å². The Bertz CT molecular complexity index is 1150. The number of carbonyl (C=O) groups is 1. The summed E-state index contributed by atoms with van der Waals surface area (Å²) in [5.41, 5.74) is 0.750. The van der Waals surface area contributed by atoms with E-state index in [1.54, 1.807) is 24.3 Å². The maximum absolute atomic E-state index is 14.9. The highest BCUT2D eigenvalue weighted by Gasteiger charge is 2.46. The van der Waals surface area contributed by atoms with Crippen molar-refractivity contribution in [2.24, 2.45) is 0 Å².